The number of nitrogen functional groups attached to an aromatic ring is 1. The third-order valence-electron chi connectivity index (χ3n) is 2.95. The first kappa shape index (κ1) is 15.2. The molecule has 0 atom stereocenters. The van der Waals surface area contributed by atoms with Gasteiger partial charge in [-0.2, -0.15) is 0 Å². The van der Waals surface area contributed by atoms with Gasteiger partial charge >= 0.3 is 0 Å². The number of nitrogens with two attached hydrogens (primary N) is 1. The Morgan fingerprint density at radius 3 is 2.67 bits per heavy atom. The predicted octanol–water partition coefficient (Wildman–Crippen LogP) is 3.88. The SMILES string of the molecule is CCOc1ccc(NC(=O)c2ccc(C)cc2Cl)c(N)c1. The Balaban J connectivity index is 2.19. The largest absolute Gasteiger partial charge is 0.494 e. The van der Waals surface area contributed by atoms with Crippen molar-refractivity contribution < 1.29 is 9.53 Å². The van der Waals surface area contributed by atoms with E-state index in [4.69, 9.17) is 22.1 Å². The van der Waals surface area contributed by atoms with Crippen molar-refractivity contribution in [3.8, 4) is 5.75 Å². The van der Waals surface area contributed by atoms with E-state index < -0.39 is 0 Å². The average Bonchev–Trinajstić information content (AvgIpc) is 2.42. The zero-order chi connectivity index (χ0) is 15.4. The molecule has 2 aromatic carbocycles. The van der Waals surface area contributed by atoms with Crippen LogP contribution in [0.15, 0.2) is 36.4 Å². The number of aryl methyl sites for hydroxylation is 1. The Labute approximate surface area is 128 Å². The minimum Gasteiger partial charge on any atom is -0.494 e. The lowest BCUT2D eigenvalue weighted by atomic mass is 10.1. The van der Waals surface area contributed by atoms with E-state index in [0.29, 0.717) is 34.3 Å². The number of carbonyl (C=O) groups is 1. The summed E-state index contributed by atoms with van der Waals surface area (Å²) in [4.78, 5) is 12.2. The smallest absolute Gasteiger partial charge is 0.257 e. The van der Waals surface area contributed by atoms with E-state index in [1.807, 2.05) is 19.9 Å². The highest BCUT2D eigenvalue weighted by Crippen LogP contribution is 2.26. The number of hydrogen-bond donors (Lipinski definition) is 2. The standard InChI is InChI=1S/C16H17ClN2O2/c1-3-21-11-5-7-15(14(18)9-11)19-16(20)12-6-4-10(2)8-13(12)17/h4-9H,3,18H2,1-2H3,(H,19,20). The minimum absolute atomic E-state index is 0.296. The quantitative estimate of drug-likeness (QED) is 0.842. The van der Waals surface area contributed by atoms with Crippen LogP contribution < -0.4 is 15.8 Å². The molecule has 0 aliphatic heterocycles. The van der Waals surface area contributed by atoms with Crippen LogP contribution in [0.1, 0.15) is 22.8 Å². The first-order valence-corrected chi connectivity index (χ1v) is 6.99. The van der Waals surface area contributed by atoms with Crippen molar-refractivity contribution in [2.75, 3.05) is 17.7 Å². The topological polar surface area (TPSA) is 64.3 Å². The molecule has 2 aromatic rings. The Kier molecular flexibility index (Phi) is 4.70. The highest BCUT2D eigenvalue weighted by molar-refractivity contribution is 6.34. The number of benzene rings is 2. The van der Waals surface area contributed by atoms with Crippen molar-refractivity contribution in [3.63, 3.8) is 0 Å². The van der Waals surface area contributed by atoms with Crippen molar-refractivity contribution in [2.24, 2.45) is 0 Å². The van der Waals surface area contributed by atoms with Gasteiger partial charge in [0.05, 0.1) is 28.6 Å². The van der Waals surface area contributed by atoms with Crippen molar-refractivity contribution in [2.45, 2.75) is 13.8 Å². The Bertz CT molecular complexity index is 671. The second kappa shape index (κ2) is 6.50. The van der Waals surface area contributed by atoms with E-state index in [9.17, 15) is 4.79 Å². The molecule has 1 amide bonds. The molecule has 0 aliphatic carbocycles. The van der Waals surface area contributed by atoms with Crippen LogP contribution in [0.5, 0.6) is 5.75 Å². The van der Waals surface area contributed by atoms with Gasteiger partial charge in [-0.15, -0.1) is 0 Å². The van der Waals surface area contributed by atoms with Crippen molar-refractivity contribution in [1.82, 2.24) is 0 Å². The average molecular weight is 305 g/mol. The van der Waals surface area contributed by atoms with Gasteiger partial charge in [0.25, 0.3) is 5.91 Å². The molecule has 0 aliphatic rings. The highest BCUT2D eigenvalue weighted by atomic mass is 35.5. The molecule has 0 fully saturated rings. The molecule has 21 heavy (non-hydrogen) atoms. The van der Waals surface area contributed by atoms with Crippen LogP contribution in [0.3, 0.4) is 0 Å². The van der Waals surface area contributed by atoms with Gasteiger partial charge < -0.3 is 15.8 Å². The van der Waals surface area contributed by atoms with Crippen molar-refractivity contribution in [3.05, 3.63) is 52.5 Å². The molecule has 0 heterocycles. The van der Waals surface area contributed by atoms with Crippen LogP contribution in [-0.2, 0) is 0 Å². The lowest BCUT2D eigenvalue weighted by Crippen LogP contribution is -2.13. The molecule has 0 radical (unpaired) electrons. The normalized spacial score (nSPS) is 10.2. The van der Waals surface area contributed by atoms with Gasteiger partial charge in [-0.1, -0.05) is 17.7 Å². The number of carbonyl (C=O) groups excluding carboxylic acids is 1. The molecule has 5 heteroatoms. The number of hydrogen-bond acceptors (Lipinski definition) is 3. The van der Waals surface area contributed by atoms with Gasteiger partial charge in [-0.3, -0.25) is 4.79 Å². The molecule has 0 unspecified atom stereocenters. The number of rotatable bonds is 4. The van der Waals surface area contributed by atoms with Crippen LogP contribution in [0.25, 0.3) is 0 Å². The Hall–Kier alpha value is -2.20. The summed E-state index contributed by atoms with van der Waals surface area (Å²) in [6, 6.07) is 10.4. The third-order valence-corrected chi connectivity index (χ3v) is 3.26. The van der Waals surface area contributed by atoms with Crippen LogP contribution in [0, 0.1) is 6.92 Å². The molecule has 3 N–H and O–H groups in total. The molecule has 0 saturated carbocycles. The van der Waals surface area contributed by atoms with Crippen LogP contribution in [-0.4, -0.2) is 12.5 Å². The van der Waals surface area contributed by atoms with Crippen molar-refractivity contribution >= 4 is 28.9 Å². The first-order chi connectivity index (χ1) is 10.0. The van der Waals surface area contributed by atoms with E-state index in [1.54, 1.807) is 30.3 Å². The molecular weight excluding hydrogens is 288 g/mol. The third kappa shape index (κ3) is 3.67. The van der Waals surface area contributed by atoms with Gasteiger partial charge in [0.1, 0.15) is 5.75 Å². The molecule has 0 saturated heterocycles. The summed E-state index contributed by atoms with van der Waals surface area (Å²) < 4.78 is 5.35. The summed E-state index contributed by atoms with van der Waals surface area (Å²) in [5.41, 5.74) is 8.29. The van der Waals surface area contributed by atoms with Gasteiger partial charge in [0.2, 0.25) is 0 Å². The maximum absolute atomic E-state index is 12.2. The van der Waals surface area contributed by atoms with E-state index in [1.165, 1.54) is 0 Å². The molecule has 0 aromatic heterocycles. The molecular formula is C16H17ClN2O2. The van der Waals surface area contributed by atoms with E-state index >= 15 is 0 Å². The molecule has 2 rings (SSSR count). The summed E-state index contributed by atoms with van der Waals surface area (Å²) in [5, 5.41) is 3.17. The number of amides is 1. The number of halogens is 1. The molecule has 0 spiro atoms. The number of ether oxygens (including phenoxy) is 1. The Morgan fingerprint density at radius 1 is 1.29 bits per heavy atom. The predicted molar refractivity (Wildman–Crippen MR) is 86.2 cm³/mol. The van der Waals surface area contributed by atoms with Gasteiger partial charge in [0.15, 0.2) is 0 Å². The molecule has 110 valence electrons. The van der Waals surface area contributed by atoms with Gasteiger partial charge in [0, 0.05) is 6.07 Å². The molecule has 4 nitrogen and oxygen atoms in total. The summed E-state index contributed by atoms with van der Waals surface area (Å²) in [5.74, 6) is 0.372. The highest BCUT2D eigenvalue weighted by Gasteiger charge is 2.12. The lowest BCUT2D eigenvalue weighted by molar-refractivity contribution is 0.102. The number of anilines is 2. The monoisotopic (exact) mass is 304 g/mol. The molecule has 0 bridgehead atoms. The maximum Gasteiger partial charge on any atom is 0.257 e. The van der Waals surface area contributed by atoms with E-state index in [-0.39, 0.29) is 5.91 Å². The van der Waals surface area contributed by atoms with Crippen LogP contribution >= 0.6 is 11.6 Å². The Morgan fingerprint density at radius 2 is 2.05 bits per heavy atom. The van der Waals surface area contributed by atoms with Crippen LogP contribution in [0.4, 0.5) is 11.4 Å². The zero-order valence-corrected chi connectivity index (χ0v) is 12.7. The van der Waals surface area contributed by atoms with Gasteiger partial charge in [-0.25, -0.2) is 0 Å². The fraction of sp³-hybridized carbons (Fsp3) is 0.188. The van der Waals surface area contributed by atoms with Gasteiger partial charge in [-0.05, 0) is 43.7 Å². The summed E-state index contributed by atoms with van der Waals surface area (Å²) >= 11 is 6.08. The second-order valence-corrected chi connectivity index (χ2v) is 5.03. The van der Waals surface area contributed by atoms with Crippen LogP contribution in [0.2, 0.25) is 5.02 Å². The first-order valence-electron chi connectivity index (χ1n) is 6.61. The summed E-state index contributed by atoms with van der Waals surface area (Å²) in [6.07, 6.45) is 0. The minimum atomic E-state index is -0.296. The summed E-state index contributed by atoms with van der Waals surface area (Å²) in [6.45, 7) is 4.37. The number of nitrogens with one attached hydrogen (secondary N) is 1. The fourth-order valence-electron chi connectivity index (χ4n) is 1.91. The maximum atomic E-state index is 12.2. The van der Waals surface area contributed by atoms with Crippen molar-refractivity contribution in [1.29, 1.82) is 0 Å². The lowest BCUT2D eigenvalue weighted by Gasteiger charge is -2.11. The van der Waals surface area contributed by atoms with E-state index in [2.05, 4.69) is 5.32 Å². The second-order valence-electron chi connectivity index (χ2n) is 4.62. The summed E-state index contributed by atoms with van der Waals surface area (Å²) in [7, 11) is 0. The van der Waals surface area contributed by atoms with E-state index in [0.717, 1.165) is 5.56 Å². The zero-order valence-electron chi connectivity index (χ0n) is 11.9. The fourth-order valence-corrected chi connectivity index (χ4v) is 2.23.